The Morgan fingerprint density at radius 2 is 1.92 bits per heavy atom. The van der Waals surface area contributed by atoms with E-state index in [1.54, 1.807) is 41.7 Å². The van der Waals surface area contributed by atoms with Crippen molar-refractivity contribution in [3.05, 3.63) is 102 Å². The van der Waals surface area contributed by atoms with Gasteiger partial charge in [-0.15, -0.1) is 0 Å². The fraction of sp³-hybridized carbons (Fsp3) is 0.233. The van der Waals surface area contributed by atoms with Gasteiger partial charge in [-0.05, 0) is 61.9 Å². The summed E-state index contributed by atoms with van der Waals surface area (Å²) in [7, 11) is 1.59. The second-order valence-electron chi connectivity index (χ2n) is 9.17. The molecule has 3 aromatic carbocycles. The van der Waals surface area contributed by atoms with Crippen LogP contribution in [-0.2, 0) is 4.79 Å². The van der Waals surface area contributed by atoms with E-state index in [-0.39, 0.29) is 17.2 Å². The van der Waals surface area contributed by atoms with Crippen molar-refractivity contribution in [1.29, 1.82) is 0 Å². The lowest BCUT2D eigenvalue weighted by Gasteiger charge is -2.30. The third-order valence-electron chi connectivity index (χ3n) is 7.00. The molecule has 0 saturated carbocycles. The summed E-state index contributed by atoms with van der Waals surface area (Å²) in [6, 6.07) is 15.6. The summed E-state index contributed by atoms with van der Waals surface area (Å²) in [5, 5.41) is 12.7. The van der Waals surface area contributed by atoms with E-state index in [2.05, 4.69) is 0 Å². The van der Waals surface area contributed by atoms with E-state index in [0.717, 1.165) is 16.3 Å². The van der Waals surface area contributed by atoms with Crippen molar-refractivity contribution >= 4 is 45.7 Å². The molecular formula is C30H28ClN3O4S. The molecule has 0 aliphatic carbocycles. The number of thiazole rings is 1. The molecule has 0 radical (unpaired) electrons. The quantitative estimate of drug-likeness (QED) is 0.372. The van der Waals surface area contributed by atoms with E-state index >= 15 is 0 Å². The Kier molecular flexibility index (Phi) is 7.34. The molecule has 200 valence electrons. The van der Waals surface area contributed by atoms with Gasteiger partial charge in [0.05, 0.1) is 22.9 Å². The van der Waals surface area contributed by atoms with Gasteiger partial charge in [0.2, 0.25) is 0 Å². The van der Waals surface area contributed by atoms with Gasteiger partial charge >= 0.3 is 0 Å². The molecule has 1 aliphatic heterocycles. The predicted octanol–water partition coefficient (Wildman–Crippen LogP) is 4.62. The average molecular weight is 562 g/mol. The minimum absolute atomic E-state index is 0.00564. The van der Waals surface area contributed by atoms with Crippen LogP contribution >= 0.6 is 22.9 Å². The van der Waals surface area contributed by atoms with Gasteiger partial charge < -0.3 is 14.7 Å². The number of fused-ring (bicyclic) bond motifs is 2. The number of nitrogens with zero attached hydrogens (tertiary/aromatic N) is 3. The number of aromatic hydroxyl groups is 1. The van der Waals surface area contributed by atoms with Crippen LogP contribution in [0.4, 0.5) is 0 Å². The lowest BCUT2D eigenvalue weighted by molar-refractivity contribution is -0.127. The van der Waals surface area contributed by atoms with Gasteiger partial charge in [-0.2, -0.15) is 0 Å². The first kappa shape index (κ1) is 26.7. The number of hydrogen-bond donors (Lipinski definition) is 1. The molecule has 1 N–H and O–H groups in total. The highest BCUT2D eigenvalue weighted by atomic mass is 35.5. The van der Waals surface area contributed by atoms with Crippen LogP contribution in [0.25, 0.3) is 16.8 Å². The molecule has 7 nitrogen and oxygen atoms in total. The van der Waals surface area contributed by atoms with Crippen LogP contribution in [0.5, 0.6) is 11.5 Å². The first-order chi connectivity index (χ1) is 18.8. The number of hydrogen-bond acceptors (Lipinski definition) is 6. The smallest absolute Gasteiger partial charge is 0.271 e. The number of rotatable bonds is 6. The van der Waals surface area contributed by atoms with Crippen molar-refractivity contribution in [2.24, 2.45) is 4.99 Å². The van der Waals surface area contributed by atoms with Crippen molar-refractivity contribution in [3.63, 3.8) is 0 Å². The predicted molar refractivity (Wildman–Crippen MR) is 155 cm³/mol. The standard InChI is InChI=1S/C30H28ClN3O4S/c1-5-33(6-2)29(37)25-17(3)32-30-34(28(36)24(39-30)16-19-15-20(31)12-13-22(19)35)27(25)26-21-10-8-7-9-18(21)11-14-23(26)38-4/h7-16,27,35H,5-6H2,1-4H3/b24-16+/t27-/m1/s1. The van der Waals surface area contributed by atoms with Gasteiger partial charge in [-0.25, -0.2) is 4.99 Å². The minimum atomic E-state index is -0.773. The maximum Gasteiger partial charge on any atom is 0.271 e. The fourth-order valence-corrected chi connectivity index (χ4v) is 6.29. The zero-order valence-electron chi connectivity index (χ0n) is 22.1. The highest BCUT2D eigenvalue weighted by molar-refractivity contribution is 7.07. The Morgan fingerprint density at radius 3 is 2.64 bits per heavy atom. The molecule has 5 rings (SSSR count). The lowest BCUT2D eigenvalue weighted by atomic mass is 9.90. The molecule has 0 fully saturated rings. The van der Waals surface area contributed by atoms with Crippen molar-refractivity contribution in [3.8, 4) is 11.5 Å². The number of halogens is 1. The van der Waals surface area contributed by atoms with E-state index < -0.39 is 6.04 Å². The minimum Gasteiger partial charge on any atom is -0.507 e. The lowest BCUT2D eigenvalue weighted by Crippen LogP contribution is -2.43. The number of allylic oxidation sites excluding steroid dienone is 1. The van der Waals surface area contributed by atoms with Gasteiger partial charge in [0.1, 0.15) is 17.5 Å². The molecule has 4 aromatic rings. The van der Waals surface area contributed by atoms with E-state index in [1.807, 2.05) is 50.2 Å². The third-order valence-corrected chi connectivity index (χ3v) is 8.22. The van der Waals surface area contributed by atoms with Gasteiger partial charge in [-0.1, -0.05) is 53.3 Å². The summed E-state index contributed by atoms with van der Waals surface area (Å²) in [4.78, 5) is 35.0. The SMILES string of the molecule is CCN(CC)C(=O)C1=C(C)N=c2s/c(=C/c3cc(Cl)ccc3O)c(=O)n2[C@H]1c1c(OC)ccc2ccccc12. The van der Waals surface area contributed by atoms with E-state index in [4.69, 9.17) is 21.3 Å². The number of phenolic OH excluding ortho intramolecular Hbond substituents is 1. The largest absolute Gasteiger partial charge is 0.507 e. The number of aromatic nitrogens is 1. The molecule has 0 saturated heterocycles. The normalized spacial score (nSPS) is 15.3. The van der Waals surface area contributed by atoms with Crippen LogP contribution in [0.1, 0.15) is 37.9 Å². The molecule has 39 heavy (non-hydrogen) atoms. The Labute approximate surface area is 234 Å². The number of carbonyl (C=O) groups is 1. The molecule has 9 heteroatoms. The van der Waals surface area contributed by atoms with Gasteiger partial charge in [-0.3, -0.25) is 14.2 Å². The number of amides is 1. The summed E-state index contributed by atoms with van der Waals surface area (Å²) in [5.74, 6) is 0.398. The Bertz CT molecular complexity index is 1820. The highest BCUT2D eigenvalue weighted by Gasteiger charge is 2.36. The first-order valence-corrected chi connectivity index (χ1v) is 13.8. The molecule has 0 spiro atoms. The number of likely N-dealkylation sites (N-methyl/N-ethyl adjacent to an activating group) is 1. The number of carbonyl (C=O) groups excluding carboxylic acids is 1. The summed E-state index contributed by atoms with van der Waals surface area (Å²) in [6.45, 7) is 6.70. The van der Waals surface area contributed by atoms with Crippen molar-refractivity contribution < 1.29 is 14.6 Å². The Morgan fingerprint density at radius 1 is 1.18 bits per heavy atom. The molecule has 0 bridgehead atoms. The molecule has 2 heterocycles. The van der Waals surface area contributed by atoms with Crippen molar-refractivity contribution in [2.75, 3.05) is 20.2 Å². The van der Waals surface area contributed by atoms with E-state index in [0.29, 0.717) is 50.0 Å². The number of phenols is 1. The monoisotopic (exact) mass is 561 g/mol. The van der Waals surface area contributed by atoms with E-state index in [9.17, 15) is 14.7 Å². The zero-order chi connectivity index (χ0) is 27.8. The maximum absolute atomic E-state index is 14.1. The second kappa shape index (κ2) is 10.7. The number of benzene rings is 3. The zero-order valence-corrected chi connectivity index (χ0v) is 23.6. The van der Waals surface area contributed by atoms with Gasteiger partial charge in [0.15, 0.2) is 4.80 Å². The maximum atomic E-state index is 14.1. The molecule has 1 amide bonds. The average Bonchev–Trinajstić information content (AvgIpc) is 3.24. The molecular weight excluding hydrogens is 534 g/mol. The van der Waals surface area contributed by atoms with Gasteiger partial charge in [0.25, 0.3) is 11.5 Å². The van der Waals surface area contributed by atoms with Crippen LogP contribution in [-0.4, -0.2) is 40.7 Å². The van der Waals surface area contributed by atoms with Crippen molar-refractivity contribution in [2.45, 2.75) is 26.8 Å². The summed E-state index contributed by atoms with van der Waals surface area (Å²) < 4.78 is 7.76. The molecule has 1 aliphatic rings. The van der Waals surface area contributed by atoms with Gasteiger partial charge in [0, 0.05) is 29.2 Å². The Hall–Kier alpha value is -3.88. The fourth-order valence-electron chi connectivity index (χ4n) is 5.07. The second-order valence-corrected chi connectivity index (χ2v) is 10.6. The van der Waals surface area contributed by atoms with Crippen LogP contribution in [0.2, 0.25) is 5.02 Å². The summed E-state index contributed by atoms with van der Waals surface area (Å²) in [6.07, 6.45) is 1.60. The Balaban J connectivity index is 1.87. The van der Waals surface area contributed by atoms with E-state index in [1.165, 1.54) is 17.4 Å². The number of ether oxygens (including phenoxy) is 1. The van der Waals surface area contributed by atoms with Crippen molar-refractivity contribution in [1.82, 2.24) is 9.47 Å². The van der Waals surface area contributed by atoms with Crippen LogP contribution in [0.3, 0.4) is 0 Å². The van der Waals surface area contributed by atoms with Crippen LogP contribution in [0, 0.1) is 0 Å². The molecule has 1 aromatic heterocycles. The third kappa shape index (κ3) is 4.64. The summed E-state index contributed by atoms with van der Waals surface area (Å²) >= 11 is 7.35. The topological polar surface area (TPSA) is 84.1 Å². The highest BCUT2D eigenvalue weighted by Crippen LogP contribution is 2.40. The molecule has 1 atom stereocenters. The van der Waals surface area contributed by atoms with Crippen LogP contribution < -0.4 is 19.6 Å². The number of methoxy groups -OCH3 is 1. The first-order valence-electron chi connectivity index (χ1n) is 12.6. The molecule has 0 unspecified atom stereocenters. The van der Waals surface area contributed by atoms with Crippen LogP contribution in [0.15, 0.2) is 75.7 Å². The summed E-state index contributed by atoms with van der Waals surface area (Å²) in [5.41, 5.74) is 1.79.